The van der Waals surface area contributed by atoms with Gasteiger partial charge in [-0.15, -0.1) is 0 Å². The number of hydrogen-bond donors (Lipinski definition) is 0. The van der Waals surface area contributed by atoms with Gasteiger partial charge in [0.05, 0.1) is 12.8 Å². The molecule has 0 spiro atoms. The van der Waals surface area contributed by atoms with E-state index in [-0.39, 0.29) is 5.41 Å². The number of benzene rings is 1. The number of pyridine rings is 1. The lowest BCUT2D eigenvalue weighted by atomic mass is 9.81. The zero-order valence-electron chi connectivity index (χ0n) is 12.1. The van der Waals surface area contributed by atoms with Crippen molar-refractivity contribution in [3.8, 4) is 17.0 Å². The molecule has 0 unspecified atom stereocenters. The van der Waals surface area contributed by atoms with Crippen LogP contribution in [0.4, 0.5) is 0 Å². The number of ether oxygens (including phenoxy) is 1. The van der Waals surface area contributed by atoms with Crippen LogP contribution in [-0.4, -0.2) is 12.1 Å². The van der Waals surface area contributed by atoms with Gasteiger partial charge in [0.15, 0.2) is 0 Å². The fraction of sp³-hybridized carbons (Fsp3) is 0.353. The van der Waals surface area contributed by atoms with Gasteiger partial charge in [0, 0.05) is 17.3 Å². The summed E-state index contributed by atoms with van der Waals surface area (Å²) in [6.07, 6.45) is 2.89. The van der Waals surface area contributed by atoms with E-state index >= 15 is 0 Å². The summed E-state index contributed by atoms with van der Waals surface area (Å²) in [5.41, 5.74) is 3.47. The molecule has 1 aromatic carbocycles. The first kappa shape index (κ1) is 13.6. The van der Waals surface area contributed by atoms with E-state index in [2.05, 4.69) is 37.9 Å². The first-order chi connectivity index (χ1) is 9.08. The quantitative estimate of drug-likeness (QED) is 0.805. The zero-order chi connectivity index (χ0) is 13.9. The Bertz CT molecular complexity index is 546. The Morgan fingerprint density at radius 2 is 1.95 bits per heavy atom. The predicted octanol–water partition coefficient (Wildman–Crippen LogP) is 4.44. The summed E-state index contributed by atoms with van der Waals surface area (Å²) in [5, 5.41) is 0. The maximum atomic E-state index is 5.50. The molecule has 2 rings (SSSR count). The molecule has 0 fully saturated rings. The van der Waals surface area contributed by atoms with Crippen LogP contribution < -0.4 is 4.74 Å². The van der Waals surface area contributed by atoms with Crippen LogP contribution in [0.1, 0.15) is 32.8 Å². The molecule has 0 radical (unpaired) electrons. The van der Waals surface area contributed by atoms with Gasteiger partial charge >= 0.3 is 0 Å². The second kappa shape index (κ2) is 5.43. The standard InChI is InChI=1S/C17H21NO/c1-5-17(2,3)14-12-13(9-10-16(14)19-4)15-8-6-7-11-18-15/h6-12H,5H2,1-4H3. The summed E-state index contributed by atoms with van der Waals surface area (Å²) in [4.78, 5) is 4.41. The summed E-state index contributed by atoms with van der Waals surface area (Å²) in [7, 11) is 1.73. The van der Waals surface area contributed by atoms with Crippen molar-refractivity contribution >= 4 is 0 Å². The first-order valence-electron chi connectivity index (χ1n) is 6.68. The lowest BCUT2D eigenvalue weighted by Crippen LogP contribution is -2.16. The maximum absolute atomic E-state index is 5.50. The smallest absolute Gasteiger partial charge is 0.122 e. The first-order valence-corrected chi connectivity index (χ1v) is 6.68. The third kappa shape index (κ3) is 2.78. The highest BCUT2D eigenvalue weighted by molar-refractivity contribution is 5.62. The Labute approximate surface area is 115 Å². The molecule has 2 heteroatoms. The number of methoxy groups -OCH3 is 1. The lowest BCUT2D eigenvalue weighted by molar-refractivity contribution is 0.389. The maximum Gasteiger partial charge on any atom is 0.122 e. The van der Waals surface area contributed by atoms with Crippen LogP contribution in [0.25, 0.3) is 11.3 Å². The average molecular weight is 255 g/mol. The molecule has 0 aliphatic carbocycles. The van der Waals surface area contributed by atoms with Crippen molar-refractivity contribution in [1.82, 2.24) is 4.98 Å². The van der Waals surface area contributed by atoms with E-state index in [1.54, 1.807) is 7.11 Å². The predicted molar refractivity (Wildman–Crippen MR) is 79.5 cm³/mol. The van der Waals surface area contributed by atoms with Crippen molar-refractivity contribution < 1.29 is 4.74 Å². The number of rotatable bonds is 4. The largest absolute Gasteiger partial charge is 0.496 e. The molecular weight excluding hydrogens is 234 g/mol. The molecule has 19 heavy (non-hydrogen) atoms. The van der Waals surface area contributed by atoms with Crippen LogP contribution in [-0.2, 0) is 5.41 Å². The molecule has 2 nitrogen and oxygen atoms in total. The van der Waals surface area contributed by atoms with Gasteiger partial charge in [-0.1, -0.05) is 26.8 Å². The van der Waals surface area contributed by atoms with E-state index in [0.29, 0.717) is 0 Å². The summed E-state index contributed by atoms with van der Waals surface area (Å²) in [6, 6.07) is 12.3. The van der Waals surface area contributed by atoms with E-state index in [1.165, 1.54) is 5.56 Å². The van der Waals surface area contributed by atoms with Crippen LogP contribution in [0.5, 0.6) is 5.75 Å². The number of hydrogen-bond acceptors (Lipinski definition) is 2. The van der Waals surface area contributed by atoms with Crippen molar-refractivity contribution in [3.05, 3.63) is 48.2 Å². The van der Waals surface area contributed by atoms with Gasteiger partial charge in [0.2, 0.25) is 0 Å². The van der Waals surface area contributed by atoms with Crippen molar-refractivity contribution in [3.63, 3.8) is 0 Å². The molecule has 0 saturated carbocycles. The molecule has 100 valence electrons. The molecule has 0 aliphatic heterocycles. The lowest BCUT2D eigenvalue weighted by Gasteiger charge is -2.26. The van der Waals surface area contributed by atoms with Gasteiger partial charge in [-0.3, -0.25) is 4.98 Å². The topological polar surface area (TPSA) is 22.1 Å². The Morgan fingerprint density at radius 1 is 1.16 bits per heavy atom. The van der Waals surface area contributed by atoms with E-state index in [9.17, 15) is 0 Å². The monoisotopic (exact) mass is 255 g/mol. The van der Waals surface area contributed by atoms with E-state index in [1.807, 2.05) is 30.5 Å². The Hall–Kier alpha value is -1.83. The van der Waals surface area contributed by atoms with Gasteiger partial charge < -0.3 is 4.74 Å². The summed E-state index contributed by atoms with van der Waals surface area (Å²) in [6.45, 7) is 6.69. The van der Waals surface area contributed by atoms with Gasteiger partial charge in [-0.25, -0.2) is 0 Å². The Balaban J connectivity index is 2.53. The molecule has 1 aromatic heterocycles. The van der Waals surface area contributed by atoms with Gasteiger partial charge in [0.25, 0.3) is 0 Å². The normalized spacial score (nSPS) is 11.4. The molecule has 0 amide bonds. The third-order valence-electron chi connectivity index (χ3n) is 3.77. The van der Waals surface area contributed by atoms with E-state index in [0.717, 1.165) is 23.4 Å². The van der Waals surface area contributed by atoms with Crippen molar-refractivity contribution in [2.75, 3.05) is 7.11 Å². The fourth-order valence-electron chi connectivity index (χ4n) is 2.12. The second-order valence-electron chi connectivity index (χ2n) is 5.37. The van der Waals surface area contributed by atoms with Crippen molar-refractivity contribution in [2.24, 2.45) is 0 Å². The minimum Gasteiger partial charge on any atom is -0.496 e. The van der Waals surface area contributed by atoms with Crippen LogP contribution in [0.2, 0.25) is 0 Å². The van der Waals surface area contributed by atoms with Crippen LogP contribution >= 0.6 is 0 Å². The minimum atomic E-state index is 0.0934. The van der Waals surface area contributed by atoms with Gasteiger partial charge in [0.1, 0.15) is 5.75 Å². The van der Waals surface area contributed by atoms with E-state index < -0.39 is 0 Å². The number of aromatic nitrogens is 1. The molecule has 0 saturated heterocycles. The molecule has 0 bridgehead atoms. The third-order valence-corrected chi connectivity index (χ3v) is 3.77. The summed E-state index contributed by atoms with van der Waals surface area (Å²) in [5.74, 6) is 0.950. The molecule has 0 N–H and O–H groups in total. The molecule has 1 heterocycles. The van der Waals surface area contributed by atoms with Crippen LogP contribution in [0.3, 0.4) is 0 Å². The van der Waals surface area contributed by atoms with Crippen molar-refractivity contribution in [1.29, 1.82) is 0 Å². The number of nitrogens with zero attached hydrogens (tertiary/aromatic N) is 1. The Morgan fingerprint density at radius 3 is 2.53 bits per heavy atom. The van der Waals surface area contributed by atoms with Crippen LogP contribution in [0.15, 0.2) is 42.6 Å². The highest BCUT2D eigenvalue weighted by atomic mass is 16.5. The highest BCUT2D eigenvalue weighted by Crippen LogP contribution is 2.36. The summed E-state index contributed by atoms with van der Waals surface area (Å²) >= 11 is 0. The van der Waals surface area contributed by atoms with Gasteiger partial charge in [-0.05, 0) is 42.2 Å². The highest BCUT2D eigenvalue weighted by Gasteiger charge is 2.23. The fourth-order valence-corrected chi connectivity index (χ4v) is 2.12. The minimum absolute atomic E-state index is 0.0934. The Kier molecular flexibility index (Phi) is 3.89. The van der Waals surface area contributed by atoms with Crippen molar-refractivity contribution in [2.45, 2.75) is 32.6 Å². The summed E-state index contributed by atoms with van der Waals surface area (Å²) < 4.78 is 5.50. The zero-order valence-corrected chi connectivity index (χ0v) is 12.1. The van der Waals surface area contributed by atoms with E-state index in [4.69, 9.17) is 4.74 Å². The second-order valence-corrected chi connectivity index (χ2v) is 5.37. The molecule has 2 aromatic rings. The average Bonchev–Trinajstić information content (AvgIpc) is 2.47. The molecule has 0 aliphatic rings. The SMILES string of the molecule is CCC(C)(C)c1cc(-c2ccccn2)ccc1OC. The molecule has 0 atom stereocenters. The molecular formula is C17H21NO. The van der Waals surface area contributed by atoms with Crippen LogP contribution in [0, 0.1) is 0 Å². The van der Waals surface area contributed by atoms with Gasteiger partial charge in [-0.2, -0.15) is 0 Å².